The van der Waals surface area contributed by atoms with Crippen LogP contribution in [0.15, 0.2) is 0 Å². The van der Waals surface area contributed by atoms with Gasteiger partial charge in [0.1, 0.15) is 5.60 Å². The normalized spacial score (nSPS) is 23.8. The summed E-state index contributed by atoms with van der Waals surface area (Å²) in [6.07, 6.45) is 0.0125. The Morgan fingerprint density at radius 2 is 1.84 bits per heavy atom. The van der Waals surface area contributed by atoms with E-state index in [4.69, 9.17) is 9.47 Å². The molecule has 2 atom stereocenters. The van der Waals surface area contributed by atoms with Gasteiger partial charge in [-0.05, 0) is 20.8 Å². The Bertz CT molecular complexity index is 346. The van der Waals surface area contributed by atoms with Crippen LogP contribution in [-0.2, 0) is 14.3 Å². The molecule has 0 aliphatic carbocycles. The van der Waals surface area contributed by atoms with Crippen LogP contribution in [-0.4, -0.2) is 48.2 Å². The average molecular weight is 271 g/mol. The van der Waals surface area contributed by atoms with E-state index in [0.29, 0.717) is 13.0 Å². The van der Waals surface area contributed by atoms with E-state index in [0.717, 1.165) is 0 Å². The third kappa shape index (κ3) is 4.20. The molecular weight excluding hydrogens is 246 g/mol. The summed E-state index contributed by atoms with van der Waals surface area (Å²) in [7, 11) is 1.60. The number of carbonyl (C=O) groups excluding carboxylic acids is 2. The largest absolute Gasteiger partial charge is 0.444 e. The fourth-order valence-corrected chi connectivity index (χ4v) is 2.15. The van der Waals surface area contributed by atoms with Gasteiger partial charge in [0.05, 0.1) is 18.7 Å². The van der Waals surface area contributed by atoms with E-state index in [2.05, 4.69) is 0 Å². The standard InChI is InChI=1S/C14H25NO4/c1-9(2)12(16)11-7-10(18-6)8-15(11)13(17)19-14(3,4)5/h9-11H,7-8H2,1-6H3/t10-,11+/m1/s1. The molecule has 1 aliphatic heterocycles. The van der Waals surface area contributed by atoms with E-state index >= 15 is 0 Å². The zero-order valence-corrected chi connectivity index (χ0v) is 12.7. The van der Waals surface area contributed by atoms with Crippen LogP contribution in [0.2, 0.25) is 0 Å². The maximum absolute atomic E-state index is 12.2. The van der Waals surface area contributed by atoms with Gasteiger partial charge in [-0.2, -0.15) is 0 Å². The molecule has 1 rings (SSSR count). The van der Waals surface area contributed by atoms with E-state index in [1.165, 1.54) is 4.90 Å². The van der Waals surface area contributed by atoms with E-state index in [1.807, 2.05) is 34.6 Å². The van der Waals surface area contributed by atoms with Crippen LogP contribution in [0, 0.1) is 5.92 Å². The fraction of sp³-hybridized carbons (Fsp3) is 0.857. The van der Waals surface area contributed by atoms with Crippen LogP contribution >= 0.6 is 0 Å². The summed E-state index contributed by atoms with van der Waals surface area (Å²) in [4.78, 5) is 25.8. The van der Waals surface area contributed by atoms with Gasteiger partial charge in [-0.15, -0.1) is 0 Å². The number of methoxy groups -OCH3 is 1. The van der Waals surface area contributed by atoms with Crippen LogP contribution in [0.4, 0.5) is 4.79 Å². The molecule has 1 heterocycles. The predicted molar refractivity (Wildman–Crippen MR) is 72.0 cm³/mol. The third-order valence-corrected chi connectivity index (χ3v) is 3.12. The molecule has 0 bridgehead atoms. The number of amides is 1. The first-order chi connectivity index (χ1) is 8.65. The quantitative estimate of drug-likeness (QED) is 0.790. The number of nitrogens with zero attached hydrogens (tertiary/aromatic N) is 1. The zero-order valence-electron chi connectivity index (χ0n) is 12.7. The van der Waals surface area contributed by atoms with Crippen molar-refractivity contribution in [1.82, 2.24) is 4.90 Å². The van der Waals surface area contributed by atoms with E-state index in [1.54, 1.807) is 7.11 Å². The molecule has 0 aromatic carbocycles. The number of likely N-dealkylation sites (tertiary alicyclic amines) is 1. The lowest BCUT2D eigenvalue weighted by atomic mass is 9.99. The summed E-state index contributed by atoms with van der Waals surface area (Å²) in [5.41, 5.74) is -0.562. The van der Waals surface area contributed by atoms with Gasteiger partial charge in [-0.3, -0.25) is 9.69 Å². The molecule has 0 N–H and O–H groups in total. The highest BCUT2D eigenvalue weighted by atomic mass is 16.6. The fourth-order valence-electron chi connectivity index (χ4n) is 2.15. The molecule has 1 amide bonds. The number of hydrogen-bond acceptors (Lipinski definition) is 4. The molecule has 0 unspecified atom stereocenters. The van der Waals surface area contributed by atoms with Crippen molar-refractivity contribution >= 4 is 11.9 Å². The van der Waals surface area contributed by atoms with Crippen molar-refractivity contribution in [1.29, 1.82) is 0 Å². The van der Waals surface area contributed by atoms with Crippen molar-refractivity contribution in [2.75, 3.05) is 13.7 Å². The Morgan fingerprint density at radius 3 is 2.26 bits per heavy atom. The number of hydrogen-bond donors (Lipinski definition) is 0. The lowest BCUT2D eigenvalue weighted by Gasteiger charge is -2.28. The Labute approximate surface area is 115 Å². The summed E-state index contributed by atoms with van der Waals surface area (Å²) in [6.45, 7) is 9.54. The minimum absolute atomic E-state index is 0.0606. The first-order valence-electron chi connectivity index (χ1n) is 6.72. The summed E-state index contributed by atoms with van der Waals surface area (Å²) in [5, 5.41) is 0. The molecule has 5 heteroatoms. The van der Waals surface area contributed by atoms with Crippen LogP contribution in [0.1, 0.15) is 41.0 Å². The first kappa shape index (κ1) is 16.0. The highest BCUT2D eigenvalue weighted by Gasteiger charge is 2.41. The minimum atomic E-state index is -0.562. The van der Waals surface area contributed by atoms with Gasteiger partial charge in [0.2, 0.25) is 0 Å². The summed E-state index contributed by atoms with van der Waals surface area (Å²) >= 11 is 0. The molecule has 0 radical (unpaired) electrons. The molecule has 0 spiro atoms. The highest BCUT2D eigenvalue weighted by Crippen LogP contribution is 2.25. The van der Waals surface area contributed by atoms with Gasteiger partial charge in [0.15, 0.2) is 5.78 Å². The van der Waals surface area contributed by atoms with Crippen molar-refractivity contribution in [3.63, 3.8) is 0 Å². The van der Waals surface area contributed by atoms with Crippen LogP contribution < -0.4 is 0 Å². The lowest BCUT2D eigenvalue weighted by Crippen LogP contribution is -2.44. The minimum Gasteiger partial charge on any atom is -0.444 e. The molecule has 5 nitrogen and oxygen atoms in total. The maximum Gasteiger partial charge on any atom is 0.410 e. The number of carbonyl (C=O) groups is 2. The van der Waals surface area contributed by atoms with E-state index in [9.17, 15) is 9.59 Å². The topological polar surface area (TPSA) is 55.8 Å². The monoisotopic (exact) mass is 271 g/mol. The van der Waals surface area contributed by atoms with Crippen LogP contribution in [0.3, 0.4) is 0 Å². The lowest BCUT2D eigenvalue weighted by molar-refractivity contribution is -0.126. The number of ketones is 1. The smallest absolute Gasteiger partial charge is 0.410 e. The molecule has 110 valence electrons. The van der Waals surface area contributed by atoms with Crippen molar-refractivity contribution < 1.29 is 19.1 Å². The Balaban J connectivity index is 2.83. The second kappa shape index (κ2) is 5.90. The van der Waals surface area contributed by atoms with Gasteiger partial charge in [-0.1, -0.05) is 13.8 Å². The Kier molecular flexibility index (Phi) is 4.96. The zero-order chi connectivity index (χ0) is 14.8. The molecular formula is C14H25NO4. The third-order valence-electron chi connectivity index (χ3n) is 3.12. The second-order valence-electron chi connectivity index (χ2n) is 6.30. The average Bonchev–Trinajstić information content (AvgIpc) is 2.69. The summed E-state index contributed by atoms with van der Waals surface area (Å²) < 4.78 is 10.6. The van der Waals surface area contributed by atoms with Gasteiger partial charge < -0.3 is 9.47 Å². The molecule has 0 aromatic heterocycles. The van der Waals surface area contributed by atoms with Gasteiger partial charge >= 0.3 is 6.09 Å². The molecule has 0 saturated carbocycles. The van der Waals surface area contributed by atoms with Crippen LogP contribution in [0.25, 0.3) is 0 Å². The number of Topliss-reactive ketones (excluding diaryl/α,β-unsaturated/α-hetero) is 1. The van der Waals surface area contributed by atoms with Crippen LogP contribution in [0.5, 0.6) is 0 Å². The van der Waals surface area contributed by atoms with Gasteiger partial charge in [0.25, 0.3) is 0 Å². The van der Waals surface area contributed by atoms with Crippen molar-refractivity contribution in [2.45, 2.75) is 58.8 Å². The summed E-state index contributed by atoms with van der Waals surface area (Å²) in [5.74, 6) is -0.0454. The molecule has 1 fully saturated rings. The second-order valence-corrected chi connectivity index (χ2v) is 6.30. The van der Waals surface area contributed by atoms with Crippen molar-refractivity contribution in [2.24, 2.45) is 5.92 Å². The molecule has 1 aliphatic rings. The highest BCUT2D eigenvalue weighted by molar-refractivity contribution is 5.89. The Morgan fingerprint density at radius 1 is 1.26 bits per heavy atom. The van der Waals surface area contributed by atoms with Crippen molar-refractivity contribution in [3.05, 3.63) is 0 Å². The van der Waals surface area contributed by atoms with Gasteiger partial charge in [-0.25, -0.2) is 4.79 Å². The number of rotatable bonds is 3. The van der Waals surface area contributed by atoms with E-state index < -0.39 is 17.7 Å². The predicted octanol–water partition coefficient (Wildman–Crippen LogP) is 2.24. The van der Waals surface area contributed by atoms with Gasteiger partial charge in [0, 0.05) is 19.4 Å². The Hall–Kier alpha value is -1.10. The number of ether oxygens (including phenoxy) is 2. The first-order valence-corrected chi connectivity index (χ1v) is 6.72. The van der Waals surface area contributed by atoms with E-state index in [-0.39, 0.29) is 17.8 Å². The SMILES string of the molecule is CO[C@@H]1C[C@@H](C(=O)C(C)C)N(C(=O)OC(C)(C)C)C1. The molecule has 0 aromatic rings. The maximum atomic E-state index is 12.2. The molecule has 19 heavy (non-hydrogen) atoms. The summed E-state index contributed by atoms with van der Waals surface area (Å²) in [6, 6.07) is -0.431. The van der Waals surface area contributed by atoms with Crippen molar-refractivity contribution in [3.8, 4) is 0 Å². The molecule has 1 saturated heterocycles.